The van der Waals surface area contributed by atoms with E-state index in [2.05, 4.69) is 5.32 Å². The van der Waals surface area contributed by atoms with Crippen molar-refractivity contribution in [2.24, 2.45) is 0 Å². The lowest BCUT2D eigenvalue weighted by Gasteiger charge is -2.09. The fraction of sp³-hybridized carbons (Fsp3) is 0.235. The third-order valence-electron chi connectivity index (χ3n) is 4.11. The molecule has 3 rings (SSSR count). The topological polar surface area (TPSA) is 72.2 Å². The molecule has 0 fully saturated rings. The van der Waals surface area contributed by atoms with Crippen LogP contribution in [0, 0.1) is 17.0 Å². The van der Waals surface area contributed by atoms with Crippen LogP contribution in [0.4, 0.5) is 11.4 Å². The fourth-order valence-corrected chi connectivity index (χ4v) is 2.86. The molecule has 5 nitrogen and oxygen atoms in total. The molecule has 5 heteroatoms. The summed E-state index contributed by atoms with van der Waals surface area (Å²) in [4.78, 5) is 22.9. The zero-order valence-electron chi connectivity index (χ0n) is 12.3. The van der Waals surface area contributed by atoms with Gasteiger partial charge in [-0.2, -0.15) is 0 Å². The highest BCUT2D eigenvalue weighted by molar-refractivity contribution is 6.05. The summed E-state index contributed by atoms with van der Waals surface area (Å²) < 4.78 is 0. The van der Waals surface area contributed by atoms with E-state index in [1.54, 1.807) is 19.1 Å². The maximum Gasteiger partial charge on any atom is 0.274 e. The van der Waals surface area contributed by atoms with Crippen LogP contribution in [0.2, 0.25) is 0 Å². The van der Waals surface area contributed by atoms with Crippen LogP contribution in [-0.4, -0.2) is 10.8 Å². The molecule has 112 valence electrons. The van der Waals surface area contributed by atoms with E-state index >= 15 is 0 Å². The Morgan fingerprint density at radius 3 is 2.73 bits per heavy atom. The molecule has 0 aromatic heterocycles. The Balaban J connectivity index is 1.86. The Labute approximate surface area is 128 Å². The maximum absolute atomic E-state index is 12.4. The Bertz CT molecular complexity index is 768. The largest absolute Gasteiger partial charge is 0.321 e. The summed E-state index contributed by atoms with van der Waals surface area (Å²) in [6.07, 6.45) is 3.21. The van der Waals surface area contributed by atoms with Crippen molar-refractivity contribution in [1.82, 2.24) is 0 Å². The van der Waals surface area contributed by atoms with Gasteiger partial charge in [0.05, 0.1) is 16.2 Å². The summed E-state index contributed by atoms with van der Waals surface area (Å²) in [7, 11) is 0. The van der Waals surface area contributed by atoms with Gasteiger partial charge in [-0.1, -0.05) is 12.1 Å². The van der Waals surface area contributed by atoms with E-state index in [0.717, 1.165) is 19.3 Å². The number of nitrogens with one attached hydrogen (secondary N) is 1. The van der Waals surface area contributed by atoms with Crippen molar-refractivity contribution in [1.29, 1.82) is 0 Å². The van der Waals surface area contributed by atoms with Crippen molar-refractivity contribution in [2.45, 2.75) is 26.2 Å². The lowest BCUT2D eigenvalue weighted by Crippen LogP contribution is -2.13. The highest BCUT2D eigenvalue weighted by atomic mass is 16.6. The summed E-state index contributed by atoms with van der Waals surface area (Å²) in [6, 6.07) is 10.4. The Hall–Kier alpha value is -2.69. The summed E-state index contributed by atoms with van der Waals surface area (Å²) >= 11 is 0. The summed E-state index contributed by atoms with van der Waals surface area (Å²) in [5, 5.41) is 13.7. The number of hydrogen-bond acceptors (Lipinski definition) is 3. The number of rotatable bonds is 3. The van der Waals surface area contributed by atoms with E-state index in [1.165, 1.54) is 17.2 Å². The van der Waals surface area contributed by atoms with Gasteiger partial charge in [-0.05, 0) is 55.5 Å². The zero-order chi connectivity index (χ0) is 15.7. The van der Waals surface area contributed by atoms with E-state index in [-0.39, 0.29) is 11.6 Å². The number of carbonyl (C=O) groups excluding carboxylic acids is 1. The first-order valence-electron chi connectivity index (χ1n) is 7.23. The standard InChI is InChI=1S/C17H16N2O3/c1-11-15(6-3-7-16(11)19(21)22)18-17(20)14-9-8-12-4-2-5-13(12)10-14/h3,6-10H,2,4-5H2,1H3,(H,18,20). The molecule has 1 aliphatic carbocycles. The first-order valence-corrected chi connectivity index (χ1v) is 7.23. The predicted octanol–water partition coefficient (Wildman–Crippen LogP) is 3.64. The van der Waals surface area contributed by atoms with Crippen LogP contribution in [0.25, 0.3) is 0 Å². The normalized spacial score (nSPS) is 12.8. The summed E-state index contributed by atoms with van der Waals surface area (Å²) in [5.74, 6) is -0.238. The number of aryl methyl sites for hydroxylation is 2. The van der Waals surface area contributed by atoms with Crippen molar-refractivity contribution in [2.75, 3.05) is 5.32 Å². The summed E-state index contributed by atoms with van der Waals surface area (Å²) in [6.45, 7) is 1.64. The number of carbonyl (C=O) groups is 1. The van der Waals surface area contributed by atoms with Gasteiger partial charge in [-0.15, -0.1) is 0 Å². The molecule has 0 radical (unpaired) electrons. The average molecular weight is 296 g/mol. The highest BCUT2D eigenvalue weighted by Gasteiger charge is 2.17. The number of anilines is 1. The molecule has 0 spiro atoms. The molecule has 0 bridgehead atoms. The molecule has 1 amide bonds. The summed E-state index contributed by atoms with van der Waals surface area (Å²) in [5.41, 5.74) is 4.06. The molecule has 0 atom stereocenters. The van der Waals surface area contributed by atoms with Gasteiger partial charge in [-0.3, -0.25) is 14.9 Å². The van der Waals surface area contributed by atoms with Crippen LogP contribution < -0.4 is 5.32 Å². The van der Waals surface area contributed by atoms with Crippen molar-refractivity contribution < 1.29 is 9.72 Å². The van der Waals surface area contributed by atoms with Gasteiger partial charge >= 0.3 is 0 Å². The number of fused-ring (bicyclic) bond motifs is 1. The Morgan fingerprint density at radius 1 is 1.18 bits per heavy atom. The van der Waals surface area contributed by atoms with Crippen molar-refractivity contribution >= 4 is 17.3 Å². The monoisotopic (exact) mass is 296 g/mol. The fourth-order valence-electron chi connectivity index (χ4n) is 2.86. The van der Waals surface area contributed by atoms with Crippen LogP contribution in [0.3, 0.4) is 0 Å². The van der Waals surface area contributed by atoms with E-state index < -0.39 is 4.92 Å². The minimum absolute atomic E-state index is 0.00625. The molecule has 0 saturated carbocycles. The van der Waals surface area contributed by atoms with Gasteiger partial charge < -0.3 is 5.32 Å². The van der Waals surface area contributed by atoms with Crippen LogP contribution >= 0.6 is 0 Å². The molecule has 0 unspecified atom stereocenters. The SMILES string of the molecule is Cc1c(NC(=O)c2ccc3c(c2)CCC3)cccc1[N+](=O)[O-]. The van der Waals surface area contributed by atoms with Crippen LogP contribution in [0.5, 0.6) is 0 Å². The van der Waals surface area contributed by atoms with Crippen LogP contribution in [0.1, 0.15) is 33.5 Å². The molecule has 1 N–H and O–H groups in total. The minimum atomic E-state index is -0.444. The lowest BCUT2D eigenvalue weighted by atomic mass is 10.1. The quantitative estimate of drug-likeness (QED) is 0.694. The van der Waals surface area contributed by atoms with Gasteiger partial charge in [0.15, 0.2) is 0 Å². The molecule has 1 aliphatic rings. The molecule has 0 heterocycles. The predicted molar refractivity (Wildman–Crippen MR) is 84.3 cm³/mol. The van der Waals surface area contributed by atoms with E-state index in [0.29, 0.717) is 16.8 Å². The average Bonchev–Trinajstić information content (AvgIpc) is 2.96. The van der Waals surface area contributed by atoms with Gasteiger partial charge in [-0.25, -0.2) is 0 Å². The third kappa shape index (κ3) is 2.57. The molecule has 0 saturated heterocycles. The van der Waals surface area contributed by atoms with Gasteiger partial charge in [0.2, 0.25) is 0 Å². The van der Waals surface area contributed by atoms with E-state index in [4.69, 9.17) is 0 Å². The van der Waals surface area contributed by atoms with Crippen molar-refractivity contribution in [3.05, 3.63) is 68.8 Å². The second kappa shape index (κ2) is 5.60. The molecular formula is C17H16N2O3. The van der Waals surface area contributed by atoms with Gasteiger partial charge in [0, 0.05) is 11.6 Å². The van der Waals surface area contributed by atoms with E-state index in [1.807, 2.05) is 18.2 Å². The maximum atomic E-state index is 12.4. The minimum Gasteiger partial charge on any atom is -0.321 e. The first kappa shape index (κ1) is 14.3. The second-order valence-electron chi connectivity index (χ2n) is 5.50. The van der Waals surface area contributed by atoms with Crippen molar-refractivity contribution in [3.8, 4) is 0 Å². The Kier molecular flexibility index (Phi) is 3.63. The van der Waals surface area contributed by atoms with Crippen LogP contribution in [0.15, 0.2) is 36.4 Å². The number of nitro benzene ring substituents is 1. The van der Waals surface area contributed by atoms with Crippen molar-refractivity contribution in [3.63, 3.8) is 0 Å². The molecule has 0 aliphatic heterocycles. The molecule has 22 heavy (non-hydrogen) atoms. The van der Waals surface area contributed by atoms with Gasteiger partial charge in [0.1, 0.15) is 0 Å². The smallest absolute Gasteiger partial charge is 0.274 e. The number of hydrogen-bond donors (Lipinski definition) is 1. The second-order valence-corrected chi connectivity index (χ2v) is 5.50. The van der Waals surface area contributed by atoms with Gasteiger partial charge in [0.25, 0.3) is 11.6 Å². The zero-order valence-corrected chi connectivity index (χ0v) is 12.3. The number of benzene rings is 2. The lowest BCUT2D eigenvalue weighted by molar-refractivity contribution is -0.385. The highest BCUT2D eigenvalue weighted by Crippen LogP contribution is 2.26. The molecular weight excluding hydrogens is 280 g/mol. The number of amides is 1. The number of nitro groups is 1. The first-order chi connectivity index (χ1) is 10.6. The molecule has 2 aromatic rings. The molecule has 2 aromatic carbocycles. The van der Waals surface area contributed by atoms with Crippen LogP contribution in [-0.2, 0) is 12.8 Å². The number of nitrogens with zero attached hydrogens (tertiary/aromatic N) is 1. The third-order valence-corrected chi connectivity index (χ3v) is 4.11. The Morgan fingerprint density at radius 2 is 1.95 bits per heavy atom. The van der Waals surface area contributed by atoms with E-state index in [9.17, 15) is 14.9 Å².